The molecule has 1 aliphatic rings. The summed E-state index contributed by atoms with van der Waals surface area (Å²) in [5.74, 6) is 0.0635. The van der Waals surface area contributed by atoms with Crippen LogP contribution >= 0.6 is 27.5 Å². The zero-order valence-corrected chi connectivity index (χ0v) is 13.3. The summed E-state index contributed by atoms with van der Waals surface area (Å²) < 4.78 is 14.4. The smallest absolute Gasteiger partial charge is 0.196 e. The molecule has 0 fully saturated rings. The fourth-order valence-corrected chi connectivity index (χ4v) is 3.13. The van der Waals surface area contributed by atoms with Crippen LogP contribution in [0, 0.1) is 5.82 Å². The number of guanidine groups is 1. The number of nitrogens with two attached hydrogens (primary N) is 1. The molecule has 2 aromatic rings. The fraction of sp³-hybridized carbons (Fsp3) is 0.133. The Morgan fingerprint density at radius 2 is 2.10 bits per heavy atom. The first kappa shape index (κ1) is 14.4. The second-order valence-electron chi connectivity index (χ2n) is 4.73. The summed E-state index contributed by atoms with van der Waals surface area (Å²) in [6.07, 6.45) is 0. The molecule has 3 rings (SSSR count). The van der Waals surface area contributed by atoms with Crippen molar-refractivity contribution in [1.82, 2.24) is 0 Å². The van der Waals surface area contributed by atoms with Gasteiger partial charge in [-0.2, -0.15) is 0 Å². The summed E-state index contributed by atoms with van der Waals surface area (Å²) in [5.41, 5.74) is 7.62. The highest BCUT2D eigenvalue weighted by molar-refractivity contribution is 9.10. The van der Waals surface area contributed by atoms with Gasteiger partial charge in [0, 0.05) is 15.2 Å². The van der Waals surface area contributed by atoms with Gasteiger partial charge in [-0.3, -0.25) is 4.99 Å². The van der Waals surface area contributed by atoms with Gasteiger partial charge in [0.2, 0.25) is 0 Å². The minimum absolute atomic E-state index is 0.111. The van der Waals surface area contributed by atoms with Crippen molar-refractivity contribution in [2.24, 2.45) is 10.7 Å². The Morgan fingerprint density at radius 1 is 1.29 bits per heavy atom. The quantitative estimate of drug-likeness (QED) is 0.866. The number of rotatable bonds is 2. The minimum Gasteiger partial charge on any atom is -0.369 e. The van der Waals surface area contributed by atoms with Crippen molar-refractivity contribution in [3.63, 3.8) is 0 Å². The number of benzene rings is 2. The Morgan fingerprint density at radius 3 is 2.86 bits per heavy atom. The van der Waals surface area contributed by atoms with Crippen molar-refractivity contribution >= 4 is 39.2 Å². The Labute approximate surface area is 135 Å². The largest absolute Gasteiger partial charge is 0.369 e. The molecule has 0 saturated carbocycles. The van der Waals surface area contributed by atoms with Crippen molar-refractivity contribution < 1.29 is 4.39 Å². The van der Waals surface area contributed by atoms with Crippen LogP contribution in [0.1, 0.15) is 11.6 Å². The van der Waals surface area contributed by atoms with Crippen LogP contribution in [0.2, 0.25) is 5.02 Å². The number of anilines is 1. The van der Waals surface area contributed by atoms with Crippen molar-refractivity contribution in [2.75, 3.05) is 11.4 Å². The third kappa shape index (κ3) is 2.76. The van der Waals surface area contributed by atoms with E-state index in [1.54, 1.807) is 12.1 Å². The van der Waals surface area contributed by atoms with Gasteiger partial charge in [-0.1, -0.05) is 33.6 Å². The molecule has 1 heterocycles. The first-order chi connectivity index (χ1) is 10.1. The minimum atomic E-state index is -0.309. The van der Waals surface area contributed by atoms with Gasteiger partial charge >= 0.3 is 0 Å². The molecule has 0 radical (unpaired) electrons. The highest BCUT2D eigenvalue weighted by Gasteiger charge is 2.30. The van der Waals surface area contributed by atoms with E-state index in [-0.39, 0.29) is 11.9 Å². The lowest BCUT2D eigenvalue weighted by molar-refractivity contribution is 0.626. The average molecular weight is 369 g/mol. The molecule has 2 N–H and O–H groups in total. The number of hydrogen-bond acceptors (Lipinski definition) is 3. The lowest BCUT2D eigenvalue weighted by Gasteiger charge is -2.27. The van der Waals surface area contributed by atoms with Crippen LogP contribution < -0.4 is 10.6 Å². The van der Waals surface area contributed by atoms with E-state index in [1.165, 1.54) is 12.1 Å². The van der Waals surface area contributed by atoms with Crippen LogP contribution in [-0.4, -0.2) is 12.5 Å². The third-order valence-corrected chi connectivity index (χ3v) is 4.35. The Kier molecular flexibility index (Phi) is 3.87. The maximum atomic E-state index is 13.5. The van der Waals surface area contributed by atoms with Crippen LogP contribution in [-0.2, 0) is 0 Å². The van der Waals surface area contributed by atoms with Crippen LogP contribution in [0.4, 0.5) is 10.1 Å². The summed E-state index contributed by atoms with van der Waals surface area (Å²) in [5, 5.41) is 0.637. The monoisotopic (exact) mass is 367 g/mol. The summed E-state index contributed by atoms with van der Waals surface area (Å²) in [6.45, 7) is 0.501. The first-order valence-electron chi connectivity index (χ1n) is 6.36. The fourth-order valence-electron chi connectivity index (χ4n) is 2.44. The summed E-state index contributed by atoms with van der Waals surface area (Å²) >= 11 is 9.61. The lowest BCUT2D eigenvalue weighted by atomic mass is 10.1. The molecule has 108 valence electrons. The van der Waals surface area contributed by atoms with E-state index in [2.05, 4.69) is 20.9 Å². The molecule has 21 heavy (non-hydrogen) atoms. The number of hydrogen-bond donors (Lipinski definition) is 1. The van der Waals surface area contributed by atoms with E-state index in [1.807, 2.05) is 23.1 Å². The van der Waals surface area contributed by atoms with Gasteiger partial charge in [-0.05, 0) is 42.0 Å². The molecular formula is C15H12BrClFN3. The predicted octanol–water partition coefficient (Wildman–Crippen LogP) is 4.12. The van der Waals surface area contributed by atoms with Gasteiger partial charge in [0.05, 0.1) is 12.6 Å². The van der Waals surface area contributed by atoms with Crippen LogP contribution in [0.3, 0.4) is 0 Å². The molecule has 0 bridgehead atoms. The predicted molar refractivity (Wildman–Crippen MR) is 87.3 cm³/mol. The molecule has 0 aliphatic carbocycles. The highest BCUT2D eigenvalue weighted by Crippen LogP contribution is 2.36. The second kappa shape index (κ2) is 5.66. The van der Waals surface area contributed by atoms with Gasteiger partial charge in [0.1, 0.15) is 5.82 Å². The molecule has 0 aromatic heterocycles. The number of halogens is 3. The van der Waals surface area contributed by atoms with Gasteiger partial charge in [-0.25, -0.2) is 4.39 Å². The molecule has 1 aliphatic heterocycles. The molecule has 3 nitrogen and oxygen atoms in total. The number of nitrogens with zero attached hydrogens (tertiary/aromatic N) is 2. The van der Waals surface area contributed by atoms with E-state index >= 15 is 0 Å². The van der Waals surface area contributed by atoms with E-state index < -0.39 is 0 Å². The second-order valence-corrected chi connectivity index (χ2v) is 6.02. The molecule has 0 amide bonds. The van der Waals surface area contributed by atoms with Gasteiger partial charge in [-0.15, -0.1) is 0 Å². The molecule has 2 aromatic carbocycles. The maximum Gasteiger partial charge on any atom is 0.196 e. The van der Waals surface area contributed by atoms with Gasteiger partial charge < -0.3 is 10.6 Å². The Hall–Kier alpha value is -1.59. The van der Waals surface area contributed by atoms with Gasteiger partial charge in [0.15, 0.2) is 5.96 Å². The lowest BCUT2D eigenvalue weighted by Crippen LogP contribution is -2.36. The molecule has 0 saturated heterocycles. The van der Waals surface area contributed by atoms with Crippen molar-refractivity contribution in [1.29, 1.82) is 0 Å². The average Bonchev–Trinajstić information content (AvgIpc) is 2.83. The highest BCUT2D eigenvalue weighted by atomic mass is 79.9. The zero-order chi connectivity index (χ0) is 15.0. The normalized spacial score (nSPS) is 18.0. The van der Waals surface area contributed by atoms with Crippen molar-refractivity contribution in [3.8, 4) is 0 Å². The van der Waals surface area contributed by atoms with Crippen molar-refractivity contribution in [3.05, 3.63) is 63.3 Å². The first-order valence-corrected chi connectivity index (χ1v) is 7.53. The van der Waals surface area contributed by atoms with E-state index in [9.17, 15) is 4.39 Å². The molecule has 0 spiro atoms. The van der Waals surface area contributed by atoms with Crippen LogP contribution in [0.5, 0.6) is 0 Å². The molecule has 6 heteroatoms. The Balaban J connectivity index is 2.05. The SMILES string of the molecule is NC1=NCC(c2cc(Cl)ccc2Br)N1c1cccc(F)c1. The summed E-state index contributed by atoms with van der Waals surface area (Å²) in [4.78, 5) is 6.11. The summed E-state index contributed by atoms with van der Waals surface area (Å²) in [7, 11) is 0. The molecular weight excluding hydrogens is 357 g/mol. The van der Waals surface area contributed by atoms with E-state index in [0.717, 1.165) is 10.0 Å². The standard InChI is InChI=1S/C15H12BrClFN3/c16-13-5-4-9(17)6-12(13)14-8-20-15(19)21(14)11-3-1-2-10(18)7-11/h1-7,14H,8H2,(H2,19,20). The zero-order valence-electron chi connectivity index (χ0n) is 10.9. The van der Waals surface area contributed by atoms with Gasteiger partial charge in [0.25, 0.3) is 0 Å². The molecule has 1 atom stereocenters. The topological polar surface area (TPSA) is 41.6 Å². The molecule has 1 unspecified atom stereocenters. The van der Waals surface area contributed by atoms with Crippen molar-refractivity contribution in [2.45, 2.75) is 6.04 Å². The van der Waals surface area contributed by atoms with E-state index in [4.69, 9.17) is 17.3 Å². The maximum absolute atomic E-state index is 13.5. The third-order valence-electron chi connectivity index (χ3n) is 3.39. The summed E-state index contributed by atoms with van der Waals surface area (Å²) in [6, 6.07) is 11.8. The Bertz CT molecular complexity index is 720. The van der Waals surface area contributed by atoms with Crippen LogP contribution in [0.25, 0.3) is 0 Å². The van der Waals surface area contributed by atoms with E-state index in [0.29, 0.717) is 23.2 Å². The van der Waals surface area contributed by atoms with Crippen LogP contribution in [0.15, 0.2) is 51.9 Å². The number of aliphatic imine (C=N–C) groups is 1.